The number of hydrogen-bond acceptors (Lipinski definition) is 1. The molecule has 0 saturated heterocycles. The Morgan fingerprint density at radius 1 is 1.10 bits per heavy atom. The minimum Gasteiger partial charge on any atom is -0.292 e. The lowest BCUT2D eigenvalue weighted by Crippen LogP contribution is -2.02. The van der Waals surface area contributed by atoms with Crippen LogP contribution in [-0.2, 0) is 5.88 Å². The van der Waals surface area contributed by atoms with Crippen LogP contribution in [0.5, 0.6) is 0 Å². The Morgan fingerprint density at radius 3 is 2.52 bits per heavy atom. The van der Waals surface area contributed by atoms with Crippen LogP contribution in [0.1, 0.15) is 17.0 Å². The molecule has 5 heteroatoms. The van der Waals surface area contributed by atoms with Gasteiger partial charge in [0.25, 0.3) is 0 Å². The van der Waals surface area contributed by atoms with Gasteiger partial charge in [-0.15, -0.1) is 11.6 Å². The molecule has 2 nitrogen and oxygen atoms in total. The fraction of sp³-hybridized carbons (Fsp3) is 0.188. The van der Waals surface area contributed by atoms with Gasteiger partial charge in [0, 0.05) is 6.07 Å². The molecule has 0 aliphatic heterocycles. The highest BCUT2D eigenvalue weighted by atomic mass is 35.5. The third kappa shape index (κ3) is 2.29. The second-order valence-electron chi connectivity index (χ2n) is 5.04. The molecule has 0 aliphatic rings. The van der Waals surface area contributed by atoms with E-state index in [0.717, 1.165) is 5.56 Å². The zero-order valence-corrected chi connectivity index (χ0v) is 12.4. The summed E-state index contributed by atoms with van der Waals surface area (Å²) in [6.07, 6.45) is 0. The number of halogens is 3. The van der Waals surface area contributed by atoms with E-state index in [1.54, 1.807) is 23.6 Å². The van der Waals surface area contributed by atoms with Gasteiger partial charge in [-0.2, -0.15) is 0 Å². The van der Waals surface area contributed by atoms with Gasteiger partial charge < -0.3 is 0 Å². The maximum atomic E-state index is 14.3. The van der Waals surface area contributed by atoms with E-state index in [-0.39, 0.29) is 17.5 Å². The van der Waals surface area contributed by atoms with Crippen molar-refractivity contribution in [2.75, 3.05) is 0 Å². The molecule has 21 heavy (non-hydrogen) atoms. The summed E-state index contributed by atoms with van der Waals surface area (Å²) >= 11 is 5.92. The molecule has 0 spiro atoms. The van der Waals surface area contributed by atoms with Gasteiger partial charge in [-0.05, 0) is 43.2 Å². The van der Waals surface area contributed by atoms with Crippen LogP contribution in [-0.4, -0.2) is 9.55 Å². The quantitative estimate of drug-likeness (QED) is 0.630. The molecular weight excluding hydrogens is 294 g/mol. The van der Waals surface area contributed by atoms with Crippen molar-refractivity contribution in [3.05, 3.63) is 58.9 Å². The number of imidazole rings is 1. The zero-order valence-electron chi connectivity index (χ0n) is 11.6. The fourth-order valence-corrected chi connectivity index (χ4v) is 2.58. The zero-order chi connectivity index (χ0) is 15.1. The molecular formula is C16H13ClF2N2. The molecule has 0 N–H and O–H groups in total. The van der Waals surface area contributed by atoms with Crippen LogP contribution in [0.25, 0.3) is 16.7 Å². The van der Waals surface area contributed by atoms with E-state index in [1.807, 2.05) is 13.0 Å². The van der Waals surface area contributed by atoms with E-state index in [0.29, 0.717) is 28.1 Å². The molecule has 0 saturated carbocycles. The van der Waals surface area contributed by atoms with Gasteiger partial charge >= 0.3 is 0 Å². The van der Waals surface area contributed by atoms with E-state index < -0.39 is 0 Å². The number of nitrogens with zero attached hydrogens (tertiary/aromatic N) is 2. The van der Waals surface area contributed by atoms with Gasteiger partial charge in [0.2, 0.25) is 0 Å². The Balaban J connectivity index is 2.37. The summed E-state index contributed by atoms with van der Waals surface area (Å²) in [4.78, 5) is 4.30. The number of aryl methyl sites for hydroxylation is 2. The van der Waals surface area contributed by atoms with Crippen LogP contribution in [0.15, 0.2) is 30.3 Å². The smallest absolute Gasteiger partial charge is 0.147 e. The summed E-state index contributed by atoms with van der Waals surface area (Å²) in [5.41, 5.74) is 2.79. The van der Waals surface area contributed by atoms with Crippen LogP contribution in [0, 0.1) is 25.5 Å². The first-order valence-electron chi connectivity index (χ1n) is 6.51. The normalized spacial score (nSPS) is 11.3. The summed E-state index contributed by atoms with van der Waals surface area (Å²) in [5, 5.41) is 0. The second-order valence-corrected chi connectivity index (χ2v) is 5.31. The first-order chi connectivity index (χ1) is 10.0. The number of hydrogen-bond donors (Lipinski definition) is 0. The Kier molecular flexibility index (Phi) is 3.41. The van der Waals surface area contributed by atoms with Gasteiger partial charge in [0.05, 0.1) is 22.6 Å². The Bertz CT molecular complexity index is 840. The van der Waals surface area contributed by atoms with Crippen molar-refractivity contribution in [1.82, 2.24) is 9.55 Å². The third-order valence-corrected chi connectivity index (χ3v) is 3.71. The van der Waals surface area contributed by atoms with Crippen molar-refractivity contribution in [2.45, 2.75) is 19.7 Å². The minimum absolute atomic E-state index is 0.114. The van der Waals surface area contributed by atoms with Crippen LogP contribution in [0.2, 0.25) is 0 Å². The van der Waals surface area contributed by atoms with E-state index in [2.05, 4.69) is 4.98 Å². The molecule has 0 atom stereocenters. The molecule has 3 rings (SSSR count). The van der Waals surface area contributed by atoms with Gasteiger partial charge in [-0.25, -0.2) is 13.8 Å². The average molecular weight is 307 g/mol. The number of alkyl halides is 1. The summed E-state index contributed by atoms with van der Waals surface area (Å²) in [5.74, 6) is -0.0948. The van der Waals surface area contributed by atoms with E-state index in [4.69, 9.17) is 11.6 Å². The summed E-state index contributed by atoms with van der Waals surface area (Å²) in [6.45, 7) is 3.48. The highest BCUT2D eigenvalue weighted by Gasteiger charge is 2.16. The second kappa shape index (κ2) is 5.11. The van der Waals surface area contributed by atoms with Crippen LogP contribution in [0.3, 0.4) is 0 Å². The lowest BCUT2D eigenvalue weighted by atomic mass is 10.2. The predicted molar refractivity (Wildman–Crippen MR) is 80.0 cm³/mol. The van der Waals surface area contributed by atoms with Crippen molar-refractivity contribution in [1.29, 1.82) is 0 Å². The molecule has 0 aliphatic carbocycles. The lowest BCUT2D eigenvalue weighted by Gasteiger charge is -2.10. The molecule has 0 amide bonds. The molecule has 3 aromatic rings. The largest absolute Gasteiger partial charge is 0.292 e. The predicted octanol–water partition coefficient (Wildman–Crippen LogP) is 4.66. The molecule has 1 aromatic heterocycles. The Morgan fingerprint density at radius 2 is 1.86 bits per heavy atom. The summed E-state index contributed by atoms with van der Waals surface area (Å²) in [6, 6.07) is 7.96. The maximum absolute atomic E-state index is 14.3. The third-order valence-electron chi connectivity index (χ3n) is 3.47. The summed E-state index contributed by atoms with van der Waals surface area (Å²) < 4.78 is 29.6. The van der Waals surface area contributed by atoms with Crippen molar-refractivity contribution >= 4 is 22.6 Å². The summed E-state index contributed by atoms with van der Waals surface area (Å²) in [7, 11) is 0. The number of benzene rings is 2. The van der Waals surface area contributed by atoms with Gasteiger partial charge in [-0.3, -0.25) is 4.57 Å². The van der Waals surface area contributed by atoms with Crippen molar-refractivity contribution in [2.24, 2.45) is 0 Å². The average Bonchev–Trinajstić information content (AvgIpc) is 2.77. The van der Waals surface area contributed by atoms with E-state index in [9.17, 15) is 8.78 Å². The molecule has 0 fully saturated rings. The standard InChI is InChI=1S/C16H13ClF2N2/c1-9-3-4-14(12(19)5-9)21-15-6-10(2)11(18)7-13(15)20-16(21)8-17/h3-7H,8H2,1-2H3. The molecule has 108 valence electrons. The van der Waals surface area contributed by atoms with Crippen molar-refractivity contribution in [3.63, 3.8) is 0 Å². The van der Waals surface area contributed by atoms with Gasteiger partial charge in [-0.1, -0.05) is 6.07 Å². The molecule has 0 radical (unpaired) electrons. The molecule has 1 heterocycles. The highest BCUT2D eigenvalue weighted by Crippen LogP contribution is 2.27. The topological polar surface area (TPSA) is 17.8 Å². The molecule has 0 unspecified atom stereocenters. The fourth-order valence-electron chi connectivity index (χ4n) is 2.40. The van der Waals surface area contributed by atoms with Gasteiger partial charge in [0.1, 0.15) is 17.5 Å². The van der Waals surface area contributed by atoms with E-state index in [1.165, 1.54) is 12.1 Å². The number of rotatable bonds is 2. The Hall–Kier alpha value is -1.94. The SMILES string of the molecule is Cc1ccc(-n2c(CCl)nc3cc(F)c(C)cc32)c(F)c1. The van der Waals surface area contributed by atoms with Crippen LogP contribution >= 0.6 is 11.6 Å². The van der Waals surface area contributed by atoms with E-state index >= 15 is 0 Å². The van der Waals surface area contributed by atoms with Crippen molar-refractivity contribution in [3.8, 4) is 5.69 Å². The monoisotopic (exact) mass is 306 g/mol. The minimum atomic E-state index is -0.359. The van der Waals surface area contributed by atoms with Crippen LogP contribution < -0.4 is 0 Å². The highest BCUT2D eigenvalue weighted by molar-refractivity contribution is 6.17. The number of aromatic nitrogens is 2. The Labute approximate surface area is 126 Å². The van der Waals surface area contributed by atoms with Crippen LogP contribution in [0.4, 0.5) is 8.78 Å². The first-order valence-corrected chi connectivity index (χ1v) is 7.04. The molecule has 2 aromatic carbocycles. The van der Waals surface area contributed by atoms with Crippen molar-refractivity contribution < 1.29 is 8.78 Å². The number of fused-ring (bicyclic) bond motifs is 1. The maximum Gasteiger partial charge on any atom is 0.147 e. The lowest BCUT2D eigenvalue weighted by molar-refractivity contribution is 0.616. The van der Waals surface area contributed by atoms with Gasteiger partial charge in [0.15, 0.2) is 0 Å². The molecule has 0 bridgehead atoms. The first kappa shape index (κ1) is 14.0.